The average Bonchev–Trinajstić information content (AvgIpc) is 2.86. The number of allylic oxidation sites excluding steroid dienone is 1. The van der Waals surface area contributed by atoms with Crippen LogP contribution < -0.4 is 0 Å². The summed E-state index contributed by atoms with van der Waals surface area (Å²) in [5.41, 5.74) is 4.32. The molecule has 4 rings (SSSR count). The Morgan fingerprint density at radius 3 is 2.24 bits per heavy atom. The molecule has 0 radical (unpaired) electrons. The third-order valence-electron chi connectivity index (χ3n) is 5.62. The van der Waals surface area contributed by atoms with Crippen molar-refractivity contribution in [3.05, 3.63) is 111 Å². The van der Waals surface area contributed by atoms with E-state index >= 15 is 0 Å². The number of ketones is 1. The number of nitrogens with zero attached hydrogens (tertiary/aromatic N) is 1. The Hall–Kier alpha value is -3.70. The molecule has 0 spiro atoms. The molecule has 1 aliphatic heterocycles. The van der Waals surface area contributed by atoms with Gasteiger partial charge in [0, 0.05) is 22.6 Å². The topological polar surface area (TPSA) is 63.7 Å². The number of benzene rings is 3. The summed E-state index contributed by atoms with van der Waals surface area (Å²) >= 11 is 6.31. The molecule has 0 aromatic heterocycles. The zero-order valence-electron chi connectivity index (χ0n) is 18.3. The first-order valence-electron chi connectivity index (χ1n) is 10.6. The van der Waals surface area contributed by atoms with Crippen LogP contribution in [0.15, 0.2) is 78.5 Å². The first-order valence-corrected chi connectivity index (χ1v) is 10.9. The van der Waals surface area contributed by atoms with Crippen LogP contribution in [-0.2, 0) is 16.1 Å². The Morgan fingerprint density at radius 2 is 1.61 bits per heavy atom. The number of amides is 1. The summed E-state index contributed by atoms with van der Waals surface area (Å²) in [5.74, 6) is -0.942. The minimum atomic E-state index is -0.481. The molecule has 0 aliphatic carbocycles. The number of fused-ring (bicyclic) bond motifs is 1. The van der Waals surface area contributed by atoms with Crippen molar-refractivity contribution in [1.82, 2.24) is 4.90 Å². The lowest BCUT2D eigenvalue weighted by atomic mass is 9.86. The number of ether oxygens (including phenoxy) is 1. The predicted octanol–water partition coefficient (Wildman–Crippen LogP) is 5.52. The standard InChI is InChI=1S/C27H22ClNO4/c1-3-23(30)25-24(17-7-5-4-6-8-17)22-15-21(28)14-13-20(22)16-29(25)26(31)18-9-11-19(12-10-18)27(32)33-2/h4-15H,3,16H2,1-2H3. The van der Waals surface area contributed by atoms with Crippen LogP contribution in [0.2, 0.25) is 5.02 Å². The van der Waals surface area contributed by atoms with Gasteiger partial charge in [-0.05, 0) is 53.1 Å². The van der Waals surface area contributed by atoms with Crippen LogP contribution in [0.5, 0.6) is 0 Å². The van der Waals surface area contributed by atoms with Crippen LogP contribution in [0.4, 0.5) is 0 Å². The largest absolute Gasteiger partial charge is 0.465 e. The van der Waals surface area contributed by atoms with Crippen molar-refractivity contribution in [2.45, 2.75) is 19.9 Å². The SMILES string of the molecule is CCC(=O)C1=C(c2ccccc2)c2cc(Cl)ccc2CN1C(=O)c1ccc(C(=O)OC)cc1. The maximum Gasteiger partial charge on any atom is 0.337 e. The van der Waals surface area contributed by atoms with Crippen molar-refractivity contribution in [1.29, 1.82) is 0 Å². The number of carbonyl (C=O) groups is 3. The van der Waals surface area contributed by atoms with Crippen LogP contribution in [0.25, 0.3) is 5.57 Å². The van der Waals surface area contributed by atoms with Gasteiger partial charge in [0.2, 0.25) is 0 Å². The molecule has 0 unspecified atom stereocenters. The molecule has 1 aliphatic rings. The minimum Gasteiger partial charge on any atom is -0.465 e. The van der Waals surface area contributed by atoms with Crippen LogP contribution in [0, 0.1) is 0 Å². The molecule has 3 aromatic rings. The predicted molar refractivity (Wildman–Crippen MR) is 127 cm³/mol. The van der Waals surface area contributed by atoms with Crippen molar-refractivity contribution in [3.63, 3.8) is 0 Å². The molecule has 166 valence electrons. The number of hydrogen-bond donors (Lipinski definition) is 0. The first-order chi connectivity index (χ1) is 15.9. The number of rotatable bonds is 5. The zero-order valence-corrected chi connectivity index (χ0v) is 19.1. The summed E-state index contributed by atoms with van der Waals surface area (Å²) < 4.78 is 4.73. The van der Waals surface area contributed by atoms with E-state index in [1.54, 1.807) is 37.3 Å². The maximum atomic E-state index is 13.6. The van der Waals surface area contributed by atoms with Crippen molar-refractivity contribution in [3.8, 4) is 0 Å². The Morgan fingerprint density at radius 1 is 0.939 bits per heavy atom. The van der Waals surface area contributed by atoms with Gasteiger partial charge in [0.15, 0.2) is 5.78 Å². The second kappa shape index (κ2) is 9.43. The van der Waals surface area contributed by atoms with Gasteiger partial charge in [-0.2, -0.15) is 0 Å². The molecule has 0 saturated carbocycles. The fourth-order valence-corrected chi connectivity index (χ4v) is 4.15. The minimum absolute atomic E-state index is 0.140. The van der Waals surface area contributed by atoms with Gasteiger partial charge in [0.25, 0.3) is 5.91 Å². The van der Waals surface area contributed by atoms with Crippen LogP contribution in [0.1, 0.15) is 50.8 Å². The second-order valence-corrected chi connectivity index (χ2v) is 8.06. The van der Waals surface area contributed by atoms with E-state index in [0.29, 0.717) is 27.4 Å². The summed E-state index contributed by atoms with van der Waals surface area (Å²) in [6.07, 6.45) is 0.243. The molecule has 0 bridgehead atoms. The van der Waals surface area contributed by atoms with E-state index in [4.69, 9.17) is 16.3 Å². The lowest BCUT2D eigenvalue weighted by Gasteiger charge is -2.33. The molecule has 5 nitrogen and oxygen atoms in total. The molecule has 3 aromatic carbocycles. The van der Waals surface area contributed by atoms with Crippen molar-refractivity contribution < 1.29 is 19.1 Å². The molecular weight excluding hydrogens is 438 g/mol. The van der Waals surface area contributed by atoms with Gasteiger partial charge in [0.1, 0.15) is 0 Å². The molecule has 1 heterocycles. The van der Waals surface area contributed by atoms with Gasteiger partial charge in [0.05, 0.1) is 24.9 Å². The van der Waals surface area contributed by atoms with Crippen LogP contribution in [-0.4, -0.2) is 29.7 Å². The number of carbonyl (C=O) groups excluding carboxylic acids is 3. The Bertz CT molecular complexity index is 1260. The molecule has 0 N–H and O–H groups in total. The average molecular weight is 460 g/mol. The van der Waals surface area contributed by atoms with Crippen LogP contribution >= 0.6 is 11.6 Å². The van der Waals surface area contributed by atoms with E-state index in [2.05, 4.69) is 0 Å². The van der Waals surface area contributed by atoms with Crippen molar-refractivity contribution in [2.24, 2.45) is 0 Å². The van der Waals surface area contributed by atoms with E-state index in [-0.39, 0.29) is 24.7 Å². The number of esters is 1. The smallest absolute Gasteiger partial charge is 0.337 e. The Balaban J connectivity index is 1.89. The number of Topliss-reactive ketones (excluding diaryl/α,β-unsaturated/α-hetero) is 1. The van der Waals surface area contributed by atoms with Gasteiger partial charge in [-0.25, -0.2) is 4.79 Å². The molecule has 0 saturated heterocycles. The summed E-state index contributed by atoms with van der Waals surface area (Å²) in [7, 11) is 1.30. The third-order valence-corrected chi connectivity index (χ3v) is 5.86. The molecule has 6 heteroatoms. The molecule has 0 atom stereocenters. The molecule has 33 heavy (non-hydrogen) atoms. The highest BCUT2D eigenvalue weighted by Gasteiger charge is 2.33. The molecular formula is C27H22ClNO4. The summed E-state index contributed by atoms with van der Waals surface area (Å²) in [6, 6.07) is 21.3. The normalized spacial score (nSPS) is 12.9. The quantitative estimate of drug-likeness (QED) is 0.471. The van der Waals surface area contributed by atoms with Gasteiger partial charge >= 0.3 is 5.97 Å². The summed E-state index contributed by atoms with van der Waals surface area (Å²) in [6.45, 7) is 2.01. The van der Waals surface area contributed by atoms with Gasteiger partial charge in [-0.3, -0.25) is 14.5 Å². The number of methoxy groups -OCH3 is 1. The molecule has 0 fully saturated rings. The van der Waals surface area contributed by atoms with Gasteiger partial charge in [-0.15, -0.1) is 0 Å². The highest BCUT2D eigenvalue weighted by Crippen LogP contribution is 2.39. The van der Waals surface area contributed by atoms with E-state index in [1.807, 2.05) is 42.5 Å². The van der Waals surface area contributed by atoms with E-state index in [9.17, 15) is 14.4 Å². The lowest BCUT2D eigenvalue weighted by molar-refractivity contribution is -0.116. The van der Waals surface area contributed by atoms with Crippen LogP contribution in [0.3, 0.4) is 0 Å². The third kappa shape index (κ3) is 4.32. The van der Waals surface area contributed by atoms with Crippen molar-refractivity contribution >= 4 is 34.8 Å². The molecule has 1 amide bonds. The monoisotopic (exact) mass is 459 g/mol. The fraction of sp³-hybridized carbons (Fsp3) is 0.148. The summed E-state index contributed by atoms with van der Waals surface area (Å²) in [5, 5.41) is 0.559. The van der Waals surface area contributed by atoms with Gasteiger partial charge in [-0.1, -0.05) is 54.9 Å². The lowest BCUT2D eigenvalue weighted by Crippen LogP contribution is -2.37. The number of halogens is 1. The highest BCUT2D eigenvalue weighted by molar-refractivity contribution is 6.31. The van der Waals surface area contributed by atoms with Crippen molar-refractivity contribution in [2.75, 3.05) is 7.11 Å². The summed E-state index contributed by atoms with van der Waals surface area (Å²) in [4.78, 5) is 40.1. The Kier molecular flexibility index (Phi) is 6.43. The zero-order chi connectivity index (χ0) is 23.5. The Labute approximate surface area is 197 Å². The second-order valence-electron chi connectivity index (χ2n) is 7.63. The number of hydrogen-bond acceptors (Lipinski definition) is 4. The fourth-order valence-electron chi connectivity index (χ4n) is 3.98. The first kappa shape index (κ1) is 22.5. The maximum absolute atomic E-state index is 13.6. The van der Waals surface area contributed by atoms with E-state index in [0.717, 1.165) is 16.7 Å². The van der Waals surface area contributed by atoms with E-state index in [1.165, 1.54) is 12.0 Å². The van der Waals surface area contributed by atoms with Gasteiger partial charge < -0.3 is 4.74 Å². The van der Waals surface area contributed by atoms with E-state index < -0.39 is 5.97 Å². The highest BCUT2D eigenvalue weighted by atomic mass is 35.5.